The summed E-state index contributed by atoms with van der Waals surface area (Å²) in [5.41, 5.74) is 0.363. The highest BCUT2D eigenvalue weighted by atomic mass is 35.5. The van der Waals surface area contributed by atoms with Crippen LogP contribution in [-0.4, -0.2) is 56.7 Å². The number of carbonyl (C=O) groups excluding carboxylic acids is 1. The van der Waals surface area contributed by atoms with Crippen molar-refractivity contribution in [3.63, 3.8) is 0 Å². The van der Waals surface area contributed by atoms with E-state index >= 15 is 4.39 Å². The van der Waals surface area contributed by atoms with Crippen LogP contribution in [0.4, 0.5) is 10.1 Å². The number of aromatic nitrogens is 2. The fourth-order valence-electron chi connectivity index (χ4n) is 6.49. The number of halogens is 5. The van der Waals surface area contributed by atoms with Crippen molar-refractivity contribution in [2.45, 2.75) is 52.7 Å². The number of phenols is 1. The molecule has 14 heteroatoms. The summed E-state index contributed by atoms with van der Waals surface area (Å²) in [5, 5.41) is 23.5. The molecule has 1 saturated heterocycles. The summed E-state index contributed by atoms with van der Waals surface area (Å²) in [6, 6.07) is 2.64. The first kappa shape index (κ1) is 34.6. The van der Waals surface area contributed by atoms with E-state index in [0.29, 0.717) is 11.1 Å². The zero-order valence-corrected chi connectivity index (χ0v) is 29.2. The van der Waals surface area contributed by atoms with Crippen LogP contribution in [0.15, 0.2) is 41.4 Å². The molecule has 2 N–H and O–H groups in total. The van der Waals surface area contributed by atoms with Gasteiger partial charge in [-0.05, 0) is 56.7 Å². The van der Waals surface area contributed by atoms with Gasteiger partial charge in [0.1, 0.15) is 33.1 Å². The number of rotatable bonds is 5. The van der Waals surface area contributed by atoms with Gasteiger partial charge in [-0.3, -0.25) is 14.2 Å². The predicted molar refractivity (Wildman–Crippen MR) is 186 cm³/mol. The molecule has 9 nitrogen and oxygen atoms in total. The van der Waals surface area contributed by atoms with E-state index in [4.69, 9.17) is 51.4 Å². The smallest absolute Gasteiger partial charge is 0.276 e. The van der Waals surface area contributed by atoms with E-state index in [9.17, 15) is 20.0 Å². The molecular weight excluding hydrogens is 689 g/mol. The monoisotopic (exact) mass is 718 g/mol. The van der Waals surface area contributed by atoms with Gasteiger partial charge < -0.3 is 20.2 Å². The van der Waals surface area contributed by atoms with Gasteiger partial charge in [-0.1, -0.05) is 66.8 Å². The van der Waals surface area contributed by atoms with Crippen molar-refractivity contribution in [2.24, 2.45) is 5.92 Å². The molecule has 0 spiro atoms. The Balaban J connectivity index is 1.92. The lowest BCUT2D eigenvalue weighted by atomic mass is 9.94. The summed E-state index contributed by atoms with van der Waals surface area (Å²) in [7, 11) is 0. The fourth-order valence-corrected chi connectivity index (χ4v) is 7.42. The van der Waals surface area contributed by atoms with Crippen LogP contribution in [0.5, 0.6) is 5.75 Å². The third-order valence-electron chi connectivity index (χ3n) is 8.55. The number of anilines is 1. The lowest BCUT2D eigenvalue weighted by Gasteiger charge is -2.45. The van der Waals surface area contributed by atoms with Crippen LogP contribution < -0.4 is 15.8 Å². The number of nitrogens with zero attached hydrogens (tertiary/aromatic N) is 5. The Morgan fingerprint density at radius 2 is 1.83 bits per heavy atom. The van der Waals surface area contributed by atoms with Gasteiger partial charge in [0.05, 0.1) is 38.7 Å². The van der Waals surface area contributed by atoms with Crippen LogP contribution in [0.25, 0.3) is 28.0 Å². The average Bonchev–Trinajstić information content (AvgIpc) is 3.02. The molecule has 5 rings (SSSR count). The minimum Gasteiger partial charge on any atom is -0.506 e. The largest absolute Gasteiger partial charge is 0.506 e. The first-order valence-corrected chi connectivity index (χ1v) is 16.2. The number of allylic oxidation sites excluding steroid dienone is 2. The normalized spacial score (nSPS) is 19.7. The fraction of sp³-hybridized carbons (Fsp3) is 0.333. The summed E-state index contributed by atoms with van der Waals surface area (Å²) in [6.45, 7) is 13.7. The van der Waals surface area contributed by atoms with Gasteiger partial charge >= 0.3 is 0 Å². The molecule has 1 aromatic carbocycles. The van der Waals surface area contributed by atoms with Crippen molar-refractivity contribution in [2.75, 3.05) is 18.0 Å². The van der Waals surface area contributed by atoms with Crippen LogP contribution >= 0.6 is 46.4 Å². The molecule has 2 aliphatic heterocycles. The number of dihydropyridines is 1. The first-order chi connectivity index (χ1) is 22.2. The Kier molecular flexibility index (Phi) is 9.59. The molecule has 0 bridgehead atoms. The summed E-state index contributed by atoms with van der Waals surface area (Å²) in [4.78, 5) is 35.6. The van der Waals surface area contributed by atoms with E-state index < -0.39 is 32.2 Å². The summed E-state index contributed by atoms with van der Waals surface area (Å²) in [6.07, 6.45) is 4.85. The molecule has 246 valence electrons. The van der Waals surface area contributed by atoms with Gasteiger partial charge in [-0.2, -0.15) is 5.26 Å². The van der Waals surface area contributed by atoms with Gasteiger partial charge in [0.25, 0.3) is 5.56 Å². The Bertz CT molecular complexity index is 1980. The Hall–Kier alpha value is -3.75. The van der Waals surface area contributed by atoms with Crippen molar-refractivity contribution >= 4 is 74.7 Å². The zero-order valence-electron chi connectivity index (χ0n) is 26.1. The van der Waals surface area contributed by atoms with E-state index in [1.165, 1.54) is 16.7 Å². The molecule has 3 aromatic rings. The zero-order chi connectivity index (χ0) is 34.6. The van der Waals surface area contributed by atoms with Gasteiger partial charge in [0.15, 0.2) is 5.82 Å². The van der Waals surface area contributed by atoms with E-state index in [-0.39, 0.29) is 76.2 Å². The van der Waals surface area contributed by atoms with Crippen molar-refractivity contribution < 1.29 is 14.3 Å². The van der Waals surface area contributed by atoms with Crippen LogP contribution in [-0.2, 0) is 4.79 Å². The van der Waals surface area contributed by atoms with Gasteiger partial charge in [0.2, 0.25) is 5.91 Å². The molecular formula is C33H31Cl4FN6O3. The highest BCUT2D eigenvalue weighted by Gasteiger charge is 2.36. The second kappa shape index (κ2) is 13.0. The van der Waals surface area contributed by atoms with Gasteiger partial charge in [-0.25, -0.2) is 9.37 Å². The summed E-state index contributed by atoms with van der Waals surface area (Å²) < 4.78 is 16.5. The molecule has 1 amide bonds. The van der Waals surface area contributed by atoms with Crippen molar-refractivity contribution in [1.82, 2.24) is 19.8 Å². The lowest BCUT2D eigenvalue weighted by Crippen LogP contribution is -2.58. The average molecular weight is 720 g/mol. The number of amides is 1. The second-order valence-corrected chi connectivity index (χ2v) is 13.5. The standard InChI is InChI=1S/C33H31Cl4FN6O3/c1-7-21(45)43-16(5)12-42(13-17(43)6)30-18-10-20(34)28(22-23(35)26(38)24(36)25(37)31(22)46)41-32(18)44(33(47)19(30)11-39)29-15(4)8-9-40-27(29)14(2)3/h7-10,14,16-17,27,40,46H,1,12-13H2,2-6H3/t16-,17+,27?. The Morgan fingerprint density at radius 3 is 2.40 bits per heavy atom. The third kappa shape index (κ3) is 5.63. The van der Waals surface area contributed by atoms with Crippen LogP contribution in [0.3, 0.4) is 0 Å². The van der Waals surface area contributed by atoms with Crippen LogP contribution in [0.2, 0.25) is 20.1 Å². The number of benzene rings is 1. The summed E-state index contributed by atoms with van der Waals surface area (Å²) >= 11 is 25.3. The number of nitrogens with one attached hydrogen (secondary N) is 1. The molecule has 0 radical (unpaired) electrons. The van der Waals surface area contributed by atoms with Gasteiger partial charge in [0, 0.05) is 30.6 Å². The molecule has 47 heavy (non-hydrogen) atoms. The topological polar surface area (TPSA) is 114 Å². The number of hydrogen-bond acceptors (Lipinski definition) is 7. The lowest BCUT2D eigenvalue weighted by molar-refractivity contribution is -0.130. The molecule has 2 aromatic heterocycles. The van der Waals surface area contributed by atoms with Crippen molar-refractivity contribution in [3.8, 4) is 23.1 Å². The van der Waals surface area contributed by atoms with E-state index in [1.807, 2.05) is 39.5 Å². The molecule has 0 aliphatic carbocycles. The maximum Gasteiger partial charge on any atom is 0.276 e. The number of carbonyl (C=O) groups is 1. The summed E-state index contributed by atoms with van der Waals surface area (Å²) in [5.74, 6) is -1.98. The highest BCUT2D eigenvalue weighted by Crippen LogP contribution is 2.49. The van der Waals surface area contributed by atoms with E-state index in [0.717, 1.165) is 5.57 Å². The Labute approximate surface area is 291 Å². The number of fused-ring (bicyclic) bond motifs is 1. The molecule has 1 unspecified atom stereocenters. The maximum atomic E-state index is 15.1. The first-order valence-electron chi connectivity index (χ1n) is 14.7. The molecule has 2 aliphatic rings. The number of phenolic OH excluding ortho intramolecular Hbond substituents is 1. The SMILES string of the molecule is C=CC(=O)N1[C@H](C)CN(c2c(C#N)c(=O)n(C3=C(C)C=CNC3C(C)C)c3nc(-c4c(O)c(Cl)c(Cl)c(F)c4Cl)c(Cl)cc23)C[C@@H]1C. The van der Waals surface area contributed by atoms with E-state index in [1.54, 1.807) is 17.2 Å². The predicted octanol–water partition coefficient (Wildman–Crippen LogP) is 7.38. The number of aromatic hydroxyl groups is 1. The second-order valence-electron chi connectivity index (χ2n) is 12.0. The van der Waals surface area contributed by atoms with Crippen LogP contribution in [0, 0.1) is 23.1 Å². The highest BCUT2D eigenvalue weighted by molar-refractivity contribution is 6.46. The van der Waals surface area contributed by atoms with Crippen molar-refractivity contribution in [3.05, 3.63) is 78.4 Å². The number of hydrogen-bond donors (Lipinski definition) is 2. The third-order valence-corrected chi connectivity index (χ3v) is 10.0. The number of piperazine rings is 1. The minimum atomic E-state index is -1.09. The quantitative estimate of drug-likeness (QED) is 0.161. The van der Waals surface area contributed by atoms with Crippen LogP contribution in [0.1, 0.15) is 40.2 Å². The van der Waals surface area contributed by atoms with E-state index in [2.05, 4.69) is 18.0 Å². The maximum absolute atomic E-state index is 15.1. The molecule has 3 atom stereocenters. The molecule has 0 saturated carbocycles. The molecule has 4 heterocycles. The Morgan fingerprint density at radius 1 is 1.19 bits per heavy atom. The number of pyridine rings is 2. The van der Waals surface area contributed by atoms with Gasteiger partial charge in [-0.15, -0.1) is 0 Å². The van der Waals surface area contributed by atoms with Crippen molar-refractivity contribution in [1.29, 1.82) is 5.26 Å². The molecule has 1 fully saturated rings. The number of nitriles is 1. The minimum absolute atomic E-state index is 0.0105.